The number of piperidine rings is 1. The van der Waals surface area contributed by atoms with Crippen molar-refractivity contribution < 1.29 is 19.1 Å². The fourth-order valence-corrected chi connectivity index (χ4v) is 13.5. The van der Waals surface area contributed by atoms with Gasteiger partial charge in [-0.25, -0.2) is 0 Å². The van der Waals surface area contributed by atoms with Gasteiger partial charge < -0.3 is 24.5 Å². The highest BCUT2D eigenvalue weighted by Crippen LogP contribution is 2.38. The first-order valence-electron chi connectivity index (χ1n) is 18.6. The number of hydrogen-bond acceptors (Lipinski definition) is 7. The summed E-state index contributed by atoms with van der Waals surface area (Å²) in [5, 5.41) is 18.9. The quantitative estimate of drug-likeness (QED) is 0.0834. The normalized spacial score (nSPS) is 14.5. The van der Waals surface area contributed by atoms with E-state index in [-0.39, 0.29) is 17.6 Å². The van der Waals surface area contributed by atoms with Gasteiger partial charge in [0.05, 0.1) is 4.88 Å². The summed E-state index contributed by atoms with van der Waals surface area (Å²) < 4.78 is 13.1. The second kappa shape index (κ2) is 18.0. The standard InChI is InChI=1S/C44H52N2O4S2Si/c1-33-26-30-51-42(33)43(48)46-28-24-39(25-29-46)52-38-21-15-34(16-22-38)23-27-45-31-35(47)32-49-36-17-19-37(20-18-36)50-53(44(2,3)4,40-11-7-5-8-12-40)41-13-9-6-10-14-41/h5-22,26,30,35,39,45,47H,23-25,27-29,31-32H2,1-4H3/t35-/m0/s1. The first kappa shape index (κ1) is 38.8. The molecule has 278 valence electrons. The Labute approximate surface area is 324 Å². The molecule has 2 heterocycles. The number of thioether (sulfide) groups is 1. The lowest BCUT2D eigenvalue weighted by Crippen LogP contribution is -2.68. The van der Waals surface area contributed by atoms with E-state index in [9.17, 15) is 9.90 Å². The number of likely N-dealkylation sites (tertiary alicyclic amines) is 1. The van der Waals surface area contributed by atoms with Gasteiger partial charge in [-0.2, -0.15) is 0 Å². The third-order valence-electron chi connectivity index (χ3n) is 9.94. The number of aryl methyl sites for hydroxylation is 1. The molecule has 0 unspecified atom stereocenters. The molecule has 1 aliphatic rings. The van der Waals surface area contributed by atoms with Crippen LogP contribution in [0.2, 0.25) is 5.04 Å². The molecule has 1 fully saturated rings. The van der Waals surface area contributed by atoms with Crippen LogP contribution in [-0.4, -0.2) is 68.4 Å². The van der Waals surface area contributed by atoms with Crippen molar-refractivity contribution in [2.45, 2.75) is 68.2 Å². The summed E-state index contributed by atoms with van der Waals surface area (Å²) in [6.07, 6.45) is 2.29. The van der Waals surface area contributed by atoms with Crippen LogP contribution in [0.1, 0.15) is 54.4 Å². The van der Waals surface area contributed by atoms with Gasteiger partial charge >= 0.3 is 8.32 Å². The number of nitrogens with one attached hydrogen (secondary N) is 1. The van der Waals surface area contributed by atoms with Crippen LogP contribution < -0.4 is 24.9 Å². The van der Waals surface area contributed by atoms with E-state index in [0.717, 1.165) is 55.1 Å². The minimum absolute atomic E-state index is 0.128. The predicted molar refractivity (Wildman–Crippen MR) is 223 cm³/mol. The largest absolute Gasteiger partial charge is 0.534 e. The van der Waals surface area contributed by atoms with Crippen molar-refractivity contribution in [2.24, 2.45) is 0 Å². The molecular weight excluding hydrogens is 713 g/mol. The van der Waals surface area contributed by atoms with Crippen LogP contribution in [0.4, 0.5) is 0 Å². The number of benzene rings is 4. The van der Waals surface area contributed by atoms with Crippen molar-refractivity contribution in [1.82, 2.24) is 10.2 Å². The first-order chi connectivity index (χ1) is 25.6. The molecule has 0 bridgehead atoms. The second-order valence-corrected chi connectivity index (χ2v) is 21.4. The summed E-state index contributed by atoms with van der Waals surface area (Å²) in [4.78, 5) is 17.0. The highest BCUT2D eigenvalue weighted by molar-refractivity contribution is 8.00. The van der Waals surface area contributed by atoms with Crippen molar-refractivity contribution >= 4 is 47.7 Å². The zero-order valence-corrected chi connectivity index (χ0v) is 33.9. The molecule has 1 aromatic heterocycles. The molecular formula is C44H52N2O4S2Si. The maximum absolute atomic E-state index is 12.9. The summed E-state index contributed by atoms with van der Waals surface area (Å²) in [5.41, 5.74) is 2.34. The lowest BCUT2D eigenvalue weighted by Gasteiger charge is -2.43. The van der Waals surface area contributed by atoms with E-state index >= 15 is 0 Å². The van der Waals surface area contributed by atoms with Crippen LogP contribution in [0, 0.1) is 6.92 Å². The lowest BCUT2D eigenvalue weighted by atomic mass is 10.1. The number of carbonyl (C=O) groups excluding carboxylic acids is 1. The number of nitrogens with zero attached hydrogens (tertiary/aromatic N) is 1. The molecule has 0 saturated carbocycles. The fraction of sp³-hybridized carbons (Fsp3) is 0.341. The van der Waals surface area contributed by atoms with Crippen LogP contribution in [0.15, 0.2) is 126 Å². The third-order valence-corrected chi connectivity index (χ3v) is 17.2. The monoisotopic (exact) mass is 764 g/mol. The van der Waals surface area contributed by atoms with E-state index in [1.807, 2.05) is 59.3 Å². The van der Waals surface area contributed by atoms with E-state index in [2.05, 4.69) is 111 Å². The van der Waals surface area contributed by atoms with Crippen LogP contribution in [-0.2, 0) is 6.42 Å². The first-order valence-corrected chi connectivity index (χ1v) is 22.3. The Morgan fingerprint density at radius 1 is 0.887 bits per heavy atom. The molecule has 53 heavy (non-hydrogen) atoms. The highest BCUT2D eigenvalue weighted by Gasteiger charge is 2.52. The molecule has 9 heteroatoms. The molecule has 1 atom stereocenters. The van der Waals surface area contributed by atoms with Gasteiger partial charge in [0.2, 0.25) is 0 Å². The number of aliphatic hydroxyl groups excluding tert-OH is 1. The number of aliphatic hydroxyl groups is 1. The zero-order valence-electron chi connectivity index (χ0n) is 31.3. The number of ether oxygens (including phenoxy) is 1. The topological polar surface area (TPSA) is 71.0 Å². The average Bonchev–Trinajstić information content (AvgIpc) is 3.61. The number of thiophene rings is 1. The Morgan fingerprint density at radius 2 is 1.49 bits per heavy atom. The molecule has 0 radical (unpaired) electrons. The van der Waals surface area contributed by atoms with Crippen LogP contribution >= 0.6 is 23.1 Å². The molecule has 0 aliphatic carbocycles. The predicted octanol–water partition coefficient (Wildman–Crippen LogP) is 7.96. The average molecular weight is 765 g/mol. The molecule has 0 spiro atoms. The Bertz CT molecular complexity index is 1830. The van der Waals surface area contributed by atoms with Crippen molar-refractivity contribution in [3.8, 4) is 11.5 Å². The number of rotatable bonds is 15. The van der Waals surface area contributed by atoms with E-state index in [1.165, 1.54) is 20.8 Å². The van der Waals surface area contributed by atoms with Crippen LogP contribution in [0.25, 0.3) is 0 Å². The van der Waals surface area contributed by atoms with Crippen LogP contribution in [0.5, 0.6) is 11.5 Å². The smallest absolute Gasteiger partial charge is 0.319 e. The van der Waals surface area contributed by atoms with Crippen molar-refractivity contribution in [3.05, 3.63) is 137 Å². The minimum Gasteiger partial charge on any atom is -0.534 e. The molecule has 6 rings (SSSR count). The van der Waals surface area contributed by atoms with Gasteiger partial charge in [0.15, 0.2) is 0 Å². The molecule has 4 aromatic carbocycles. The van der Waals surface area contributed by atoms with Gasteiger partial charge in [-0.1, -0.05) is 93.6 Å². The fourth-order valence-electron chi connectivity index (χ4n) is 7.02. The Kier molecular flexibility index (Phi) is 13.2. The van der Waals surface area contributed by atoms with Crippen molar-refractivity contribution in [2.75, 3.05) is 32.8 Å². The maximum atomic E-state index is 12.9. The third kappa shape index (κ3) is 9.82. The van der Waals surface area contributed by atoms with E-state index < -0.39 is 14.4 Å². The zero-order chi connectivity index (χ0) is 37.3. The van der Waals surface area contributed by atoms with Gasteiger partial charge in [-0.15, -0.1) is 23.1 Å². The van der Waals surface area contributed by atoms with Gasteiger partial charge in [0.25, 0.3) is 5.91 Å². The molecule has 1 aliphatic heterocycles. The Balaban J connectivity index is 0.920. The van der Waals surface area contributed by atoms with Gasteiger partial charge in [-0.05, 0) is 107 Å². The second-order valence-electron chi connectivity index (χ2n) is 14.8. The van der Waals surface area contributed by atoms with Gasteiger partial charge in [0.1, 0.15) is 24.2 Å². The summed E-state index contributed by atoms with van der Waals surface area (Å²) in [6.45, 7) is 11.9. The van der Waals surface area contributed by atoms with E-state index in [1.54, 1.807) is 11.3 Å². The molecule has 1 amide bonds. The van der Waals surface area contributed by atoms with Crippen molar-refractivity contribution in [1.29, 1.82) is 0 Å². The summed E-state index contributed by atoms with van der Waals surface area (Å²) in [6, 6.07) is 39.9. The van der Waals surface area contributed by atoms with Crippen molar-refractivity contribution in [3.63, 3.8) is 0 Å². The van der Waals surface area contributed by atoms with E-state index in [4.69, 9.17) is 9.16 Å². The molecule has 2 N–H and O–H groups in total. The van der Waals surface area contributed by atoms with Crippen LogP contribution in [0.3, 0.4) is 0 Å². The SMILES string of the molecule is Cc1ccsc1C(=O)N1CCC(Sc2ccc(CCNC[C@H](O)COc3ccc(O[Si](c4ccccc4)(c4ccccc4)C(C)(C)C)cc3)cc2)CC1. The number of hydrogen-bond donors (Lipinski definition) is 2. The Hall–Kier alpha value is -3.86. The molecule has 5 aromatic rings. The van der Waals surface area contributed by atoms with Gasteiger partial charge in [-0.3, -0.25) is 4.79 Å². The summed E-state index contributed by atoms with van der Waals surface area (Å²) in [5.74, 6) is 1.69. The lowest BCUT2D eigenvalue weighted by molar-refractivity contribution is 0.0731. The summed E-state index contributed by atoms with van der Waals surface area (Å²) in [7, 11) is -2.71. The number of amides is 1. The van der Waals surface area contributed by atoms with Gasteiger partial charge in [0, 0.05) is 29.8 Å². The Morgan fingerprint density at radius 3 is 2.06 bits per heavy atom. The molecule has 6 nitrogen and oxygen atoms in total. The highest BCUT2D eigenvalue weighted by atomic mass is 32.2. The minimum atomic E-state index is -2.71. The molecule has 1 saturated heterocycles. The summed E-state index contributed by atoms with van der Waals surface area (Å²) >= 11 is 3.47. The van der Waals surface area contributed by atoms with E-state index in [0.29, 0.717) is 17.5 Å². The number of carbonyl (C=O) groups is 1. The maximum Gasteiger partial charge on any atom is 0.319 e.